The van der Waals surface area contributed by atoms with Crippen molar-refractivity contribution >= 4 is 21.6 Å². The lowest BCUT2D eigenvalue weighted by Crippen LogP contribution is -2.40. The minimum absolute atomic E-state index is 0.0876. The number of nitrogens with zero attached hydrogens (tertiary/aromatic N) is 1. The van der Waals surface area contributed by atoms with Crippen LogP contribution in [0.2, 0.25) is 0 Å². The van der Waals surface area contributed by atoms with Gasteiger partial charge in [0, 0.05) is 13.6 Å². The highest BCUT2D eigenvalue weighted by Crippen LogP contribution is 2.23. The van der Waals surface area contributed by atoms with Gasteiger partial charge < -0.3 is 10.1 Å². The molecule has 1 aliphatic carbocycles. The molecule has 0 aromatic heterocycles. The van der Waals surface area contributed by atoms with Crippen LogP contribution in [-0.2, 0) is 14.8 Å². The van der Waals surface area contributed by atoms with Crippen molar-refractivity contribution in [1.29, 1.82) is 0 Å². The number of benzene rings is 1. The van der Waals surface area contributed by atoms with E-state index in [-0.39, 0.29) is 5.91 Å². The Balaban J connectivity index is 1.90. The Morgan fingerprint density at radius 3 is 2.38 bits per heavy atom. The maximum atomic E-state index is 12.4. The summed E-state index contributed by atoms with van der Waals surface area (Å²) in [5.41, 5.74) is 0.551. The fraction of sp³-hybridized carbons (Fsp3) is 0.632. The van der Waals surface area contributed by atoms with Gasteiger partial charge in [-0.05, 0) is 49.4 Å². The summed E-state index contributed by atoms with van der Waals surface area (Å²) < 4.78 is 30.2. The minimum Gasteiger partial charge on any atom is -0.481 e. The molecule has 26 heavy (non-hydrogen) atoms. The molecule has 0 heterocycles. The predicted molar refractivity (Wildman–Crippen MR) is 104 cm³/mol. The van der Waals surface area contributed by atoms with E-state index < -0.39 is 16.1 Å². The minimum atomic E-state index is -3.30. The summed E-state index contributed by atoms with van der Waals surface area (Å²) in [6, 6.07) is 6.72. The summed E-state index contributed by atoms with van der Waals surface area (Å²) in [6.07, 6.45) is 7.36. The summed E-state index contributed by atoms with van der Waals surface area (Å²) >= 11 is 0. The molecule has 146 valence electrons. The Morgan fingerprint density at radius 1 is 1.23 bits per heavy atom. The van der Waals surface area contributed by atoms with Gasteiger partial charge in [-0.1, -0.05) is 26.2 Å². The van der Waals surface area contributed by atoms with Crippen molar-refractivity contribution in [3.63, 3.8) is 0 Å². The molecule has 0 aliphatic heterocycles. The van der Waals surface area contributed by atoms with Gasteiger partial charge in [0.15, 0.2) is 6.10 Å². The van der Waals surface area contributed by atoms with E-state index in [2.05, 4.69) is 5.32 Å². The summed E-state index contributed by atoms with van der Waals surface area (Å²) in [5, 5.41) is 3.02. The monoisotopic (exact) mass is 382 g/mol. The van der Waals surface area contributed by atoms with Crippen LogP contribution in [0.4, 0.5) is 5.69 Å². The number of amides is 1. The molecule has 0 bridgehead atoms. The first kappa shape index (κ1) is 20.6. The highest BCUT2D eigenvalue weighted by atomic mass is 32.2. The van der Waals surface area contributed by atoms with Gasteiger partial charge in [-0.15, -0.1) is 0 Å². The van der Waals surface area contributed by atoms with E-state index in [1.54, 1.807) is 24.3 Å². The number of carbonyl (C=O) groups excluding carboxylic acids is 1. The van der Waals surface area contributed by atoms with Crippen LogP contribution in [0.3, 0.4) is 0 Å². The molecule has 0 saturated heterocycles. The van der Waals surface area contributed by atoms with Crippen LogP contribution in [0.5, 0.6) is 5.75 Å². The van der Waals surface area contributed by atoms with E-state index in [0.29, 0.717) is 23.8 Å². The second-order valence-corrected chi connectivity index (χ2v) is 9.00. The third-order valence-electron chi connectivity index (χ3n) is 4.93. The van der Waals surface area contributed by atoms with Crippen molar-refractivity contribution < 1.29 is 17.9 Å². The Bertz CT molecular complexity index is 682. The highest BCUT2D eigenvalue weighted by molar-refractivity contribution is 7.92. The summed E-state index contributed by atoms with van der Waals surface area (Å²) in [6.45, 7) is 2.63. The van der Waals surface area contributed by atoms with Crippen LogP contribution in [-0.4, -0.2) is 40.3 Å². The Morgan fingerprint density at radius 2 is 1.85 bits per heavy atom. The smallest absolute Gasteiger partial charge is 0.261 e. The average molecular weight is 383 g/mol. The molecular weight excluding hydrogens is 352 g/mol. The number of sulfonamides is 1. The molecule has 0 unspecified atom stereocenters. The van der Waals surface area contributed by atoms with E-state index in [9.17, 15) is 13.2 Å². The van der Waals surface area contributed by atoms with E-state index >= 15 is 0 Å². The van der Waals surface area contributed by atoms with Crippen LogP contribution < -0.4 is 14.4 Å². The third kappa shape index (κ3) is 5.90. The fourth-order valence-corrected chi connectivity index (χ4v) is 3.67. The van der Waals surface area contributed by atoms with Gasteiger partial charge in [-0.2, -0.15) is 0 Å². The molecule has 1 saturated carbocycles. The lowest BCUT2D eigenvalue weighted by atomic mass is 9.89. The molecule has 1 aromatic rings. The quantitative estimate of drug-likeness (QED) is 0.750. The van der Waals surface area contributed by atoms with Crippen LogP contribution in [0.1, 0.15) is 45.4 Å². The van der Waals surface area contributed by atoms with Crippen molar-refractivity contribution in [3.8, 4) is 5.75 Å². The van der Waals surface area contributed by atoms with E-state index in [1.807, 2.05) is 6.92 Å². The van der Waals surface area contributed by atoms with E-state index in [4.69, 9.17) is 4.74 Å². The van der Waals surface area contributed by atoms with Gasteiger partial charge in [0.1, 0.15) is 5.75 Å². The first-order valence-corrected chi connectivity index (χ1v) is 11.1. The molecule has 1 amide bonds. The van der Waals surface area contributed by atoms with Crippen LogP contribution >= 0.6 is 0 Å². The second kappa shape index (κ2) is 9.26. The number of hydrogen-bond donors (Lipinski definition) is 1. The van der Waals surface area contributed by atoms with Gasteiger partial charge >= 0.3 is 0 Å². The Kier molecular flexibility index (Phi) is 7.32. The molecule has 1 atom stereocenters. The maximum absolute atomic E-state index is 12.4. The molecule has 2 rings (SSSR count). The van der Waals surface area contributed by atoms with Gasteiger partial charge in [0.05, 0.1) is 11.9 Å². The number of carbonyl (C=O) groups is 1. The van der Waals surface area contributed by atoms with Gasteiger partial charge in [0.2, 0.25) is 10.0 Å². The Hall–Kier alpha value is -1.76. The third-order valence-corrected chi connectivity index (χ3v) is 6.13. The maximum Gasteiger partial charge on any atom is 0.261 e. The van der Waals surface area contributed by atoms with Crippen molar-refractivity contribution in [2.75, 3.05) is 24.2 Å². The zero-order chi connectivity index (χ0) is 19.2. The fourth-order valence-electron chi connectivity index (χ4n) is 3.16. The number of anilines is 1. The van der Waals surface area contributed by atoms with Crippen LogP contribution in [0.25, 0.3) is 0 Å². The molecule has 0 spiro atoms. The van der Waals surface area contributed by atoms with Crippen LogP contribution in [0.15, 0.2) is 24.3 Å². The second-order valence-electron chi connectivity index (χ2n) is 6.99. The number of rotatable bonds is 8. The first-order chi connectivity index (χ1) is 12.3. The molecule has 1 aromatic carbocycles. The predicted octanol–water partition coefficient (Wildman–Crippen LogP) is 2.94. The SMILES string of the molecule is CC[C@@H](Oc1ccc(N(C)S(C)(=O)=O)cc1)C(=O)NCC1CCCCC1. The molecule has 6 nitrogen and oxygen atoms in total. The van der Waals surface area contributed by atoms with Crippen molar-refractivity contribution in [3.05, 3.63) is 24.3 Å². The van der Waals surface area contributed by atoms with Gasteiger partial charge in [0.25, 0.3) is 5.91 Å². The molecule has 1 fully saturated rings. The highest BCUT2D eigenvalue weighted by Gasteiger charge is 2.21. The standard InChI is InChI=1S/C19H30N2O4S/c1-4-18(19(22)20-14-15-8-6-5-7-9-15)25-17-12-10-16(11-13-17)21(2)26(3,23)24/h10-13,15,18H,4-9,14H2,1-3H3,(H,20,22)/t18-/m1/s1. The van der Waals surface area contributed by atoms with E-state index in [1.165, 1.54) is 43.5 Å². The number of nitrogens with one attached hydrogen (secondary N) is 1. The molecule has 7 heteroatoms. The molecular formula is C19H30N2O4S. The zero-order valence-corrected chi connectivity index (χ0v) is 16.7. The first-order valence-electron chi connectivity index (χ1n) is 9.29. The number of hydrogen-bond acceptors (Lipinski definition) is 4. The average Bonchev–Trinajstić information content (AvgIpc) is 2.64. The summed E-state index contributed by atoms with van der Waals surface area (Å²) in [4.78, 5) is 12.4. The van der Waals surface area contributed by atoms with E-state index in [0.717, 1.165) is 12.8 Å². The van der Waals surface area contributed by atoms with Crippen molar-refractivity contribution in [2.45, 2.75) is 51.6 Å². The van der Waals surface area contributed by atoms with Crippen molar-refractivity contribution in [1.82, 2.24) is 5.32 Å². The summed E-state index contributed by atoms with van der Waals surface area (Å²) in [5.74, 6) is 1.04. The molecule has 0 radical (unpaired) electrons. The lowest BCUT2D eigenvalue weighted by molar-refractivity contribution is -0.128. The van der Waals surface area contributed by atoms with Gasteiger partial charge in [-0.3, -0.25) is 9.10 Å². The lowest BCUT2D eigenvalue weighted by Gasteiger charge is -2.23. The topological polar surface area (TPSA) is 75.7 Å². The zero-order valence-electron chi connectivity index (χ0n) is 15.9. The van der Waals surface area contributed by atoms with Crippen molar-refractivity contribution in [2.24, 2.45) is 5.92 Å². The normalized spacial score (nSPS) is 16.7. The number of ether oxygens (including phenoxy) is 1. The largest absolute Gasteiger partial charge is 0.481 e. The molecule has 1 aliphatic rings. The molecule has 1 N–H and O–H groups in total. The summed E-state index contributed by atoms with van der Waals surface area (Å²) in [7, 11) is -1.80. The Labute approximate surface area is 157 Å². The van der Waals surface area contributed by atoms with Gasteiger partial charge in [-0.25, -0.2) is 8.42 Å². The van der Waals surface area contributed by atoms with Crippen LogP contribution in [0, 0.1) is 5.92 Å².